The van der Waals surface area contributed by atoms with Crippen LogP contribution in [0.5, 0.6) is 0 Å². The molecule has 1 aromatic carbocycles. The summed E-state index contributed by atoms with van der Waals surface area (Å²) in [7, 11) is 0. The lowest BCUT2D eigenvalue weighted by Crippen LogP contribution is -2.24. The van der Waals surface area contributed by atoms with Crippen molar-refractivity contribution in [3.05, 3.63) is 29.3 Å². The Labute approximate surface area is 99.4 Å². The molecule has 0 radical (unpaired) electrons. The standard InChI is InChI=1S/C10H9F3N2O3/c11-10(12,13)4-15-6-3-1-2-5(9(17)18)7(6)8(14)16/h1-3,15H,4H2,(H2,14,16)(H,17,18). The lowest BCUT2D eigenvalue weighted by atomic mass is 10.0. The van der Waals surface area contributed by atoms with Crippen LogP contribution in [-0.4, -0.2) is 29.7 Å². The Morgan fingerprint density at radius 2 is 1.94 bits per heavy atom. The number of nitrogens with two attached hydrogens (primary N) is 1. The molecule has 0 bridgehead atoms. The zero-order chi connectivity index (χ0) is 13.9. The first-order valence-corrected chi connectivity index (χ1v) is 4.69. The Morgan fingerprint density at radius 3 is 2.39 bits per heavy atom. The van der Waals surface area contributed by atoms with Crippen molar-refractivity contribution in [1.82, 2.24) is 0 Å². The SMILES string of the molecule is NC(=O)c1c(NCC(F)(F)F)cccc1C(=O)O. The maximum absolute atomic E-state index is 12.0. The summed E-state index contributed by atoms with van der Waals surface area (Å²) in [6.45, 7) is -1.39. The average Bonchev–Trinajstić information content (AvgIpc) is 2.24. The number of nitrogens with one attached hydrogen (secondary N) is 1. The second-order valence-electron chi connectivity index (χ2n) is 3.37. The largest absolute Gasteiger partial charge is 0.478 e. The number of carbonyl (C=O) groups excluding carboxylic acids is 1. The van der Waals surface area contributed by atoms with Crippen LogP contribution in [0.1, 0.15) is 20.7 Å². The predicted molar refractivity (Wildman–Crippen MR) is 56.5 cm³/mol. The molecule has 4 N–H and O–H groups in total. The highest BCUT2D eigenvalue weighted by molar-refractivity contribution is 6.08. The second kappa shape index (κ2) is 4.94. The number of rotatable bonds is 4. The minimum atomic E-state index is -4.49. The van der Waals surface area contributed by atoms with Crippen LogP contribution in [0.15, 0.2) is 18.2 Å². The Kier molecular flexibility index (Phi) is 3.79. The third-order valence-corrected chi connectivity index (χ3v) is 2.02. The van der Waals surface area contributed by atoms with Gasteiger partial charge in [-0.3, -0.25) is 4.79 Å². The highest BCUT2D eigenvalue weighted by atomic mass is 19.4. The first kappa shape index (κ1) is 13.8. The second-order valence-corrected chi connectivity index (χ2v) is 3.37. The van der Waals surface area contributed by atoms with Crippen molar-refractivity contribution in [3.63, 3.8) is 0 Å². The molecule has 1 rings (SSSR count). The van der Waals surface area contributed by atoms with Crippen molar-refractivity contribution in [2.75, 3.05) is 11.9 Å². The van der Waals surface area contributed by atoms with Crippen molar-refractivity contribution in [2.45, 2.75) is 6.18 Å². The third-order valence-electron chi connectivity index (χ3n) is 2.02. The Bertz CT molecular complexity index is 486. The van der Waals surface area contributed by atoms with Gasteiger partial charge in [-0.25, -0.2) is 4.79 Å². The molecule has 98 valence electrons. The Hall–Kier alpha value is -2.25. The number of benzene rings is 1. The van der Waals surface area contributed by atoms with Crippen LogP contribution in [0.2, 0.25) is 0 Å². The van der Waals surface area contributed by atoms with Crippen molar-refractivity contribution in [1.29, 1.82) is 0 Å². The quantitative estimate of drug-likeness (QED) is 0.765. The van der Waals surface area contributed by atoms with Gasteiger partial charge in [-0.05, 0) is 12.1 Å². The maximum atomic E-state index is 12.0. The zero-order valence-corrected chi connectivity index (χ0v) is 8.91. The number of carboxylic acid groups (broad SMARTS) is 1. The number of anilines is 1. The van der Waals surface area contributed by atoms with Gasteiger partial charge in [-0.1, -0.05) is 6.07 Å². The van der Waals surface area contributed by atoms with E-state index >= 15 is 0 Å². The molecule has 0 aliphatic heterocycles. The number of aromatic carboxylic acids is 1. The van der Waals surface area contributed by atoms with Gasteiger partial charge in [0.05, 0.1) is 11.1 Å². The molecule has 0 fully saturated rings. The van der Waals surface area contributed by atoms with Crippen LogP contribution in [0.4, 0.5) is 18.9 Å². The first-order chi connectivity index (χ1) is 8.22. The monoisotopic (exact) mass is 262 g/mol. The Morgan fingerprint density at radius 1 is 1.33 bits per heavy atom. The predicted octanol–water partition coefficient (Wildman–Crippen LogP) is 1.46. The number of carbonyl (C=O) groups is 2. The minimum absolute atomic E-state index is 0.264. The van der Waals surface area contributed by atoms with E-state index in [-0.39, 0.29) is 5.69 Å². The molecule has 0 saturated carbocycles. The topological polar surface area (TPSA) is 92.4 Å². The smallest absolute Gasteiger partial charge is 0.405 e. The molecule has 0 aliphatic carbocycles. The number of carboxylic acids is 1. The van der Waals surface area contributed by atoms with Gasteiger partial charge in [0.25, 0.3) is 5.91 Å². The fraction of sp³-hybridized carbons (Fsp3) is 0.200. The maximum Gasteiger partial charge on any atom is 0.405 e. The molecule has 0 spiro atoms. The number of amides is 1. The van der Waals surface area contributed by atoms with Gasteiger partial charge in [0.1, 0.15) is 6.54 Å². The van der Waals surface area contributed by atoms with Crippen LogP contribution in [0.25, 0.3) is 0 Å². The molecule has 0 atom stereocenters. The fourth-order valence-electron chi connectivity index (χ4n) is 1.34. The molecular formula is C10H9F3N2O3. The molecule has 18 heavy (non-hydrogen) atoms. The van der Waals surface area contributed by atoms with Gasteiger partial charge in [0, 0.05) is 5.69 Å². The minimum Gasteiger partial charge on any atom is -0.478 e. The van der Waals surface area contributed by atoms with Gasteiger partial charge in [0.15, 0.2) is 0 Å². The van der Waals surface area contributed by atoms with Gasteiger partial charge >= 0.3 is 12.1 Å². The summed E-state index contributed by atoms with van der Waals surface area (Å²) in [5.41, 5.74) is 3.78. The summed E-state index contributed by atoms with van der Waals surface area (Å²) >= 11 is 0. The number of hydrogen-bond donors (Lipinski definition) is 3. The van der Waals surface area contributed by atoms with E-state index in [4.69, 9.17) is 10.8 Å². The molecule has 1 aromatic rings. The van der Waals surface area contributed by atoms with Gasteiger partial charge in [-0.2, -0.15) is 13.2 Å². The molecule has 5 nitrogen and oxygen atoms in total. The number of alkyl halides is 3. The van der Waals surface area contributed by atoms with Crippen molar-refractivity contribution >= 4 is 17.6 Å². The molecule has 0 aromatic heterocycles. The number of halogens is 3. The third kappa shape index (κ3) is 3.37. The molecule has 0 aliphatic rings. The van der Waals surface area contributed by atoms with E-state index in [1.165, 1.54) is 6.07 Å². The van der Waals surface area contributed by atoms with E-state index < -0.39 is 35.7 Å². The zero-order valence-electron chi connectivity index (χ0n) is 8.91. The van der Waals surface area contributed by atoms with Crippen LogP contribution < -0.4 is 11.1 Å². The Balaban J connectivity index is 3.15. The molecule has 0 unspecified atom stereocenters. The molecule has 8 heteroatoms. The van der Waals surface area contributed by atoms with E-state index in [0.717, 1.165) is 12.1 Å². The summed E-state index contributed by atoms with van der Waals surface area (Å²) in [6.07, 6.45) is -4.49. The van der Waals surface area contributed by atoms with Crippen LogP contribution in [-0.2, 0) is 0 Å². The lowest BCUT2D eigenvalue weighted by Gasteiger charge is -2.13. The summed E-state index contributed by atoms with van der Waals surface area (Å²) in [5, 5.41) is 10.7. The summed E-state index contributed by atoms with van der Waals surface area (Å²) in [6, 6.07) is 3.45. The molecule has 0 saturated heterocycles. The van der Waals surface area contributed by atoms with E-state index in [1.54, 1.807) is 0 Å². The summed E-state index contributed by atoms with van der Waals surface area (Å²) in [5.74, 6) is -2.56. The van der Waals surface area contributed by atoms with E-state index in [0.29, 0.717) is 0 Å². The normalized spacial score (nSPS) is 11.1. The highest BCUT2D eigenvalue weighted by Crippen LogP contribution is 2.22. The van der Waals surface area contributed by atoms with Gasteiger partial charge in [-0.15, -0.1) is 0 Å². The molecule has 1 amide bonds. The van der Waals surface area contributed by atoms with E-state index in [1.807, 2.05) is 5.32 Å². The highest BCUT2D eigenvalue weighted by Gasteiger charge is 2.28. The van der Waals surface area contributed by atoms with Crippen LogP contribution in [0, 0.1) is 0 Å². The first-order valence-electron chi connectivity index (χ1n) is 4.69. The van der Waals surface area contributed by atoms with Gasteiger partial charge < -0.3 is 16.2 Å². The fourth-order valence-corrected chi connectivity index (χ4v) is 1.34. The van der Waals surface area contributed by atoms with Crippen molar-refractivity contribution < 1.29 is 27.9 Å². The summed E-state index contributed by atoms with van der Waals surface area (Å²) < 4.78 is 36.1. The summed E-state index contributed by atoms with van der Waals surface area (Å²) in [4.78, 5) is 21.9. The van der Waals surface area contributed by atoms with Gasteiger partial charge in [0.2, 0.25) is 0 Å². The number of hydrogen-bond acceptors (Lipinski definition) is 3. The average molecular weight is 262 g/mol. The van der Waals surface area contributed by atoms with Crippen molar-refractivity contribution in [2.24, 2.45) is 5.73 Å². The van der Waals surface area contributed by atoms with Crippen LogP contribution in [0.3, 0.4) is 0 Å². The van der Waals surface area contributed by atoms with Crippen molar-refractivity contribution in [3.8, 4) is 0 Å². The van der Waals surface area contributed by atoms with E-state index in [9.17, 15) is 22.8 Å². The van der Waals surface area contributed by atoms with Crippen LogP contribution >= 0.6 is 0 Å². The molecular weight excluding hydrogens is 253 g/mol. The van der Waals surface area contributed by atoms with E-state index in [2.05, 4.69) is 0 Å². The number of primary amides is 1. The lowest BCUT2D eigenvalue weighted by molar-refractivity contribution is -0.115. The molecule has 0 heterocycles.